The van der Waals surface area contributed by atoms with Crippen molar-refractivity contribution in [2.24, 2.45) is 0 Å². The average molecular weight is 315 g/mol. The zero-order valence-electron chi connectivity index (χ0n) is 12.1. The first-order valence-electron chi connectivity index (χ1n) is 7.53. The Bertz CT molecular complexity index is 521. The molecular weight excluding hydrogens is 296 g/mol. The number of amides is 1. The standard InChI is InChI=1S/C14H19F2N3O3/c15-12(16)8-22-13-9(7-17-18-13)14(20)19-5-6-21-11-4-2-1-3-10(11)19/h7,10-12H,1-6,8H2,(H,17,18). The molecule has 122 valence electrons. The molecule has 6 nitrogen and oxygen atoms in total. The molecule has 3 rings (SSSR count). The minimum atomic E-state index is -2.60. The van der Waals surface area contributed by atoms with Gasteiger partial charge in [-0.3, -0.25) is 4.79 Å². The highest BCUT2D eigenvalue weighted by molar-refractivity contribution is 5.96. The Kier molecular flexibility index (Phi) is 4.56. The largest absolute Gasteiger partial charge is 0.471 e. The molecule has 0 spiro atoms. The number of H-pyrrole nitrogens is 1. The molecule has 2 unspecified atom stereocenters. The van der Waals surface area contributed by atoms with Gasteiger partial charge in [0.2, 0.25) is 5.88 Å². The Morgan fingerprint density at radius 3 is 3.14 bits per heavy atom. The van der Waals surface area contributed by atoms with E-state index in [0.717, 1.165) is 25.7 Å². The van der Waals surface area contributed by atoms with Crippen LogP contribution in [0, 0.1) is 0 Å². The molecule has 2 aliphatic rings. The van der Waals surface area contributed by atoms with E-state index in [1.165, 1.54) is 6.20 Å². The first-order chi connectivity index (χ1) is 10.7. The van der Waals surface area contributed by atoms with Crippen LogP contribution in [-0.4, -0.2) is 59.3 Å². The predicted octanol–water partition coefficient (Wildman–Crippen LogP) is 1.84. The van der Waals surface area contributed by atoms with Crippen molar-refractivity contribution in [1.82, 2.24) is 15.1 Å². The third-order valence-corrected chi connectivity index (χ3v) is 4.18. The summed E-state index contributed by atoms with van der Waals surface area (Å²) in [6, 6.07) is 0.0489. The van der Waals surface area contributed by atoms with E-state index in [1.807, 2.05) is 0 Å². The van der Waals surface area contributed by atoms with Crippen LogP contribution in [0.4, 0.5) is 8.78 Å². The van der Waals surface area contributed by atoms with Crippen molar-refractivity contribution in [1.29, 1.82) is 0 Å². The smallest absolute Gasteiger partial charge is 0.272 e. The van der Waals surface area contributed by atoms with Crippen molar-refractivity contribution >= 4 is 5.91 Å². The summed E-state index contributed by atoms with van der Waals surface area (Å²) < 4.78 is 35.2. The number of nitrogens with zero attached hydrogens (tertiary/aromatic N) is 2. The summed E-state index contributed by atoms with van der Waals surface area (Å²) in [5, 5.41) is 6.22. The number of nitrogens with one attached hydrogen (secondary N) is 1. The molecule has 8 heteroatoms. The number of aromatic nitrogens is 2. The van der Waals surface area contributed by atoms with Crippen molar-refractivity contribution in [2.45, 2.75) is 44.3 Å². The van der Waals surface area contributed by atoms with E-state index in [-0.39, 0.29) is 29.5 Å². The number of aromatic amines is 1. The quantitative estimate of drug-likeness (QED) is 0.920. The topological polar surface area (TPSA) is 67.5 Å². The van der Waals surface area contributed by atoms with Gasteiger partial charge in [-0.1, -0.05) is 12.8 Å². The fraction of sp³-hybridized carbons (Fsp3) is 0.714. The van der Waals surface area contributed by atoms with Crippen molar-refractivity contribution in [3.8, 4) is 5.88 Å². The highest BCUT2D eigenvalue weighted by Crippen LogP contribution is 2.30. The lowest BCUT2D eigenvalue weighted by atomic mass is 9.90. The maximum Gasteiger partial charge on any atom is 0.272 e. The summed E-state index contributed by atoms with van der Waals surface area (Å²) in [7, 11) is 0. The van der Waals surface area contributed by atoms with Gasteiger partial charge in [0.15, 0.2) is 6.61 Å². The summed E-state index contributed by atoms with van der Waals surface area (Å²) >= 11 is 0. The SMILES string of the molecule is O=C(c1cn[nH]c1OCC(F)F)N1CCOC2CCCCC21. The zero-order valence-corrected chi connectivity index (χ0v) is 12.1. The van der Waals surface area contributed by atoms with Crippen molar-refractivity contribution in [3.63, 3.8) is 0 Å². The third-order valence-electron chi connectivity index (χ3n) is 4.18. The number of carbonyl (C=O) groups excluding carboxylic acids is 1. The summed E-state index contributed by atoms with van der Waals surface area (Å²) in [4.78, 5) is 14.5. The molecule has 0 bridgehead atoms. The van der Waals surface area contributed by atoms with Crippen LogP contribution in [0.3, 0.4) is 0 Å². The molecule has 1 N–H and O–H groups in total. The Morgan fingerprint density at radius 2 is 2.32 bits per heavy atom. The molecule has 2 atom stereocenters. The van der Waals surface area contributed by atoms with E-state index >= 15 is 0 Å². The lowest BCUT2D eigenvalue weighted by molar-refractivity contribution is -0.0753. The van der Waals surface area contributed by atoms with Gasteiger partial charge < -0.3 is 14.4 Å². The van der Waals surface area contributed by atoms with Gasteiger partial charge in [0.1, 0.15) is 5.56 Å². The normalized spacial score (nSPS) is 25.1. The van der Waals surface area contributed by atoms with Gasteiger partial charge >= 0.3 is 0 Å². The lowest BCUT2D eigenvalue weighted by Crippen LogP contribution is -2.54. The van der Waals surface area contributed by atoms with Gasteiger partial charge in [-0.15, -0.1) is 0 Å². The number of rotatable bonds is 4. The van der Waals surface area contributed by atoms with Gasteiger partial charge in [-0.2, -0.15) is 5.10 Å². The molecule has 2 fully saturated rings. The summed E-state index contributed by atoms with van der Waals surface area (Å²) in [5.74, 6) is -0.234. The first kappa shape index (κ1) is 15.2. The molecule has 1 aliphatic carbocycles. The monoisotopic (exact) mass is 315 g/mol. The maximum absolute atomic E-state index is 12.7. The molecule has 22 heavy (non-hydrogen) atoms. The second-order valence-corrected chi connectivity index (χ2v) is 5.57. The van der Waals surface area contributed by atoms with Crippen LogP contribution in [-0.2, 0) is 4.74 Å². The van der Waals surface area contributed by atoms with Crippen molar-refractivity contribution < 1.29 is 23.0 Å². The fourth-order valence-corrected chi connectivity index (χ4v) is 3.19. The lowest BCUT2D eigenvalue weighted by Gasteiger charge is -2.43. The Labute approximate surface area is 126 Å². The van der Waals surface area contributed by atoms with Gasteiger partial charge in [0.05, 0.1) is 24.9 Å². The van der Waals surface area contributed by atoms with E-state index in [9.17, 15) is 13.6 Å². The van der Waals surface area contributed by atoms with E-state index < -0.39 is 13.0 Å². The van der Waals surface area contributed by atoms with Crippen LogP contribution in [0.2, 0.25) is 0 Å². The highest BCUT2D eigenvalue weighted by atomic mass is 19.3. The molecule has 1 aromatic rings. The number of hydrogen-bond acceptors (Lipinski definition) is 4. The van der Waals surface area contributed by atoms with E-state index in [4.69, 9.17) is 9.47 Å². The number of fused-ring (bicyclic) bond motifs is 1. The van der Waals surface area contributed by atoms with Gasteiger partial charge in [-0.25, -0.2) is 13.9 Å². The van der Waals surface area contributed by atoms with Crippen LogP contribution >= 0.6 is 0 Å². The minimum Gasteiger partial charge on any atom is -0.471 e. The second kappa shape index (κ2) is 6.60. The minimum absolute atomic E-state index is 0.00384. The predicted molar refractivity (Wildman–Crippen MR) is 73.1 cm³/mol. The summed E-state index contributed by atoms with van der Waals surface area (Å²) in [6.45, 7) is 0.231. The molecule has 2 heterocycles. The second-order valence-electron chi connectivity index (χ2n) is 5.57. The summed E-state index contributed by atoms with van der Waals surface area (Å²) in [6.07, 6.45) is 2.83. The fourth-order valence-electron chi connectivity index (χ4n) is 3.19. The van der Waals surface area contributed by atoms with Crippen LogP contribution in [0.1, 0.15) is 36.0 Å². The van der Waals surface area contributed by atoms with E-state index in [0.29, 0.717) is 13.2 Å². The van der Waals surface area contributed by atoms with E-state index in [1.54, 1.807) is 4.90 Å². The Hall–Kier alpha value is -1.70. The number of halogens is 2. The average Bonchev–Trinajstić information content (AvgIpc) is 3.00. The number of hydrogen-bond donors (Lipinski definition) is 1. The van der Waals surface area contributed by atoms with Crippen LogP contribution in [0.5, 0.6) is 5.88 Å². The Balaban J connectivity index is 1.74. The summed E-state index contributed by atoms with van der Waals surface area (Å²) in [5.41, 5.74) is 0.201. The number of morpholine rings is 1. The van der Waals surface area contributed by atoms with Gasteiger partial charge in [0.25, 0.3) is 12.3 Å². The maximum atomic E-state index is 12.7. The zero-order chi connectivity index (χ0) is 15.5. The molecular formula is C14H19F2N3O3. The van der Waals surface area contributed by atoms with Crippen LogP contribution in [0.25, 0.3) is 0 Å². The molecule has 0 aromatic carbocycles. The van der Waals surface area contributed by atoms with Crippen molar-refractivity contribution in [2.75, 3.05) is 19.8 Å². The van der Waals surface area contributed by atoms with Gasteiger partial charge in [-0.05, 0) is 12.8 Å². The van der Waals surface area contributed by atoms with Crippen LogP contribution in [0.15, 0.2) is 6.20 Å². The Morgan fingerprint density at radius 1 is 1.50 bits per heavy atom. The number of carbonyl (C=O) groups is 1. The number of alkyl halides is 2. The molecule has 1 aromatic heterocycles. The van der Waals surface area contributed by atoms with Crippen molar-refractivity contribution in [3.05, 3.63) is 11.8 Å². The number of ether oxygens (including phenoxy) is 2. The van der Waals surface area contributed by atoms with Crippen LogP contribution < -0.4 is 4.74 Å². The molecule has 1 aliphatic heterocycles. The highest BCUT2D eigenvalue weighted by Gasteiger charge is 2.38. The third kappa shape index (κ3) is 3.06. The molecule has 1 saturated carbocycles. The van der Waals surface area contributed by atoms with E-state index in [2.05, 4.69) is 10.2 Å². The van der Waals surface area contributed by atoms with Gasteiger partial charge in [0, 0.05) is 6.54 Å². The molecule has 1 saturated heterocycles. The molecule has 0 radical (unpaired) electrons. The first-order valence-corrected chi connectivity index (χ1v) is 7.53. The molecule has 1 amide bonds.